The van der Waals surface area contributed by atoms with E-state index in [0.717, 1.165) is 29.0 Å². The number of pyridine rings is 1. The molecule has 0 amide bonds. The lowest BCUT2D eigenvalue weighted by Crippen LogP contribution is -1.85. The van der Waals surface area contributed by atoms with E-state index in [4.69, 9.17) is 4.42 Å². The maximum absolute atomic E-state index is 13.0. The van der Waals surface area contributed by atoms with E-state index in [1.165, 1.54) is 12.1 Å². The third-order valence-electron chi connectivity index (χ3n) is 3.05. The fourth-order valence-corrected chi connectivity index (χ4v) is 2.03. The summed E-state index contributed by atoms with van der Waals surface area (Å²) in [7, 11) is 0. The Bertz CT molecular complexity index is 705. The van der Waals surface area contributed by atoms with Crippen LogP contribution >= 0.6 is 0 Å². The molecule has 4 heteroatoms. The lowest BCUT2D eigenvalue weighted by Gasteiger charge is -1.97. The summed E-state index contributed by atoms with van der Waals surface area (Å²) in [5.74, 6) is 0.948. The van der Waals surface area contributed by atoms with Crippen molar-refractivity contribution in [1.29, 1.82) is 0 Å². The molecule has 0 atom stereocenters. The van der Waals surface area contributed by atoms with Gasteiger partial charge in [-0.25, -0.2) is 9.37 Å². The number of halogens is 1. The van der Waals surface area contributed by atoms with Gasteiger partial charge in [-0.1, -0.05) is 6.92 Å². The largest absolute Gasteiger partial charge is 0.436 e. The van der Waals surface area contributed by atoms with Crippen LogP contribution in [0.2, 0.25) is 0 Å². The first-order chi connectivity index (χ1) is 9.78. The highest BCUT2D eigenvalue weighted by Gasteiger charge is 2.15. The summed E-state index contributed by atoms with van der Waals surface area (Å²) in [6, 6.07) is 9.90. The number of hydrogen-bond acceptors (Lipinski definition) is 3. The van der Waals surface area contributed by atoms with Crippen LogP contribution in [0.15, 0.2) is 53.2 Å². The van der Waals surface area contributed by atoms with Gasteiger partial charge < -0.3 is 4.42 Å². The first-order valence-corrected chi connectivity index (χ1v) is 6.44. The molecule has 0 saturated heterocycles. The average Bonchev–Trinajstić information content (AvgIpc) is 2.93. The zero-order valence-electron chi connectivity index (χ0n) is 11.0. The summed E-state index contributed by atoms with van der Waals surface area (Å²) >= 11 is 0. The predicted octanol–water partition coefficient (Wildman–Crippen LogP) is 4.11. The zero-order chi connectivity index (χ0) is 13.9. The van der Waals surface area contributed by atoms with Gasteiger partial charge in [0, 0.05) is 23.5 Å². The molecular formula is C16H13FN2O. The summed E-state index contributed by atoms with van der Waals surface area (Å²) in [6.07, 6.45) is 4.22. The minimum atomic E-state index is -0.275. The highest BCUT2D eigenvalue weighted by molar-refractivity contribution is 5.63. The Morgan fingerprint density at radius 3 is 2.55 bits per heavy atom. The van der Waals surface area contributed by atoms with Crippen LogP contribution in [-0.4, -0.2) is 9.97 Å². The summed E-state index contributed by atoms with van der Waals surface area (Å²) in [6.45, 7) is 2.02. The minimum Gasteiger partial charge on any atom is -0.436 e. The number of benzene rings is 1. The number of rotatable bonds is 3. The average molecular weight is 268 g/mol. The second kappa shape index (κ2) is 5.25. The number of oxazole rings is 1. The van der Waals surface area contributed by atoms with E-state index in [0.29, 0.717) is 5.89 Å². The van der Waals surface area contributed by atoms with Crippen molar-refractivity contribution in [3.8, 4) is 22.8 Å². The SMILES string of the molecule is CCc1nc(-c2ccc(F)cc2)oc1-c1cccnc1. The number of aryl methyl sites for hydroxylation is 1. The number of hydrogen-bond donors (Lipinski definition) is 0. The normalized spacial score (nSPS) is 10.7. The molecule has 2 heterocycles. The molecule has 0 bridgehead atoms. The molecule has 20 heavy (non-hydrogen) atoms. The smallest absolute Gasteiger partial charge is 0.227 e. The molecular weight excluding hydrogens is 255 g/mol. The highest BCUT2D eigenvalue weighted by Crippen LogP contribution is 2.29. The van der Waals surface area contributed by atoms with E-state index in [9.17, 15) is 4.39 Å². The zero-order valence-corrected chi connectivity index (χ0v) is 11.0. The number of nitrogens with zero attached hydrogens (tertiary/aromatic N) is 2. The Labute approximate surface area is 116 Å². The molecule has 0 unspecified atom stereocenters. The van der Waals surface area contributed by atoms with Gasteiger partial charge in [-0.05, 0) is 42.8 Å². The maximum atomic E-state index is 13.0. The lowest BCUT2D eigenvalue weighted by atomic mass is 10.1. The van der Waals surface area contributed by atoms with E-state index < -0.39 is 0 Å². The van der Waals surface area contributed by atoms with Gasteiger partial charge >= 0.3 is 0 Å². The van der Waals surface area contributed by atoms with Crippen LogP contribution in [0.25, 0.3) is 22.8 Å². The molecule has 0 radical (unpaired) electrons. The molecule has 3 aromatic rings. The molecule has 3 rings (SSSR count). The van der Waals surface area contributed by atoms with E-state index in [1.807, 2.05) is 19.1 Å². The Kier molecular flexibility index (Phi) is 3.29. The van der Waals surface area contributed by atoms with Gasteiger partial charge in [-0.15, -0.1) is 0 Å². The van der Waals surface area contributed by atoms with Crippen molar-refractivity contribution in [2.45, 2.75) is 13.3 Å². The fourth-order valence-electron chi connectivity index (χ4n) is 2.03. The quantitative estimate of drug-likeness (QED) is 0.717. The van der Waals surface area contributed by atoms with Crippen LogP contribution in [0.4, 0.5) is 4.39 Å². The number of aromatic nitrogens is 2. The molecule has 0 spiro atoms. The highest BCUT2D eigenvalue weighted by atomic mass is 19.1. The molecule has 2 aromatic heterocycles. The van der Waals surface area contributed by atoms with Crippen LogP contribution < -0.4 is 0 Å². The van der Waals surface area contributed by atoms with Crippen LogP contribution in [0.5, 0.6) is 0 Å². The Balaban J connectivity index is 2.07. The Hall–Kier alpha value is -2.49. The Morgan fingerprint density at radius 1 is 1.10 bits per heavy atom. The van der Waals surface area contributed by atoms with Crippen LogP contribution in [0.1, 0.15) is 12.6 Å². The molecule has 0 aliphatic heterocycles. The molecule has 100 valence electrons. The standard InChI is InChI=1S/C16H13FN2O/c1-2-14-15(12-4-3-9-18-10-12)20-16(19-14)11-5-7-13(17)8-6-11/h3-10H,2H2,1H3. The third-order valence-corrected chi connectivity index (χ3v) is 3.05. The molecule has 0 aliphatic rings. The first kappa shape index (κ1) is 12.5. The lowest BCUT2D eigenvalue weighted by molar-refractivity contribution is 0.586. The van der Waals surface area contributed by atoms with Crippen LogP contribution in [0.3, 0.4) is 0 Å². The second-order valence-corrected chi connectivity index (χ2v) is 4.40. The molecule has 0 fully saturated rings. The summed E-state index contributed by atoms with van der Waals surface area (Å²) in [5, 5.41) is 0. The van der Waals surface area contributed by atoms with Crippen molar-refractivity contribution in [2.75, 3.05) is 0 Å². The van der Waals surface area contributed by atoms with Crippen LogP contribution in [0, 0.1) is 5.82 Å². The van der Waals surface area contributed by atoms with Crippen molar-refractivity contribution in [2.24, 2.45) is 0 Å². The first-order valence-electron chi connectivity index (χ1n) is 6.44. The second-order valence-electron chi connectivity index (χ2n) is 4.40. The van der Waals surface area contributed by atoms with Gasteiger partial charge in [0.1, 0.15) is 5.82 Å². The fraction of sp³-hybridized carbons (Fsp3) is 0.125. The van der Waals surface area contributed by atoms with E-state index >= 15 is 0 Å². The molecule has 0 aliphatic carbocycles. The maximum Gasteiger partial charge on any atom is 0.227 e. The topological polar surface area (TPSA) is 38.9 Å². The predicted molar refractivity (Wildman–Crippen MR) is 74.5 cm³/mol. The van der Waals surface area contributed by atoms with Crippen molar-refractivity contribution in [3.05, 3.63) is 60.3 Å². The van der Waals surface area contributed by atoms with Crippen molar-refractivity contribution in [3.63, 3.8) is 0 Å². The third kappa shape index (κ3) is 2.32. The van der Waals surface area contributed by atoms with Crippen molar-refractivity contribution >= 4 is 0 Å². The molecule has 0 saturated carbocycles. The Morgan fingerprint density at radius 2 is 1.90 bits per heavy atom. The summed E-state index contributed by atoms with van der Waals surface area (Å²) in [4.78, 5) is 8.58. The van der Waals surface area contributed by atoms with Crippen molar-refractivity contribution in [1.82, 2.24) is 9.97 Å². The molecule has 0 N–H and O–H groups in total. The van der Waals surface area contributed by atoms with Gasteiger partial charge in [0.25, 0.3) is 0 Å². The summed E-state index contributed by atoms with van der Waals surface area (Å²) in [5.41, 5.74) is 2.53. The molecule has 3 nitrogen and oxygen atoms in total. The minimum absolute atomic E-state index is 0.275. The summed E-state index contributed by atoms with van der Waals surface area (Å²) < 4.78 is 18.8. The van der Waals surface area contributed by atoms with E-state index in [1.54, 1.807) is 24.5 Å². The van der Waals surface area contributed by atoms with Gasteiger partial charge in [0.05, 0.1) is 5.69 Å². The van der Waals surface area contributed by atoms with Gasteiger partial charge in [0.15, 0.2) is 5.76 Å². The van der Waals surface area contributed by atoms with E-state index in [2.05, 4.69) is 9.97 Å². The molecule has 1 aromatic carbocycles. The van der Waals surface area contributed by atoms with Gasteiger partial charge in [-0.2, -0.15) is 0 Å². The van der Waals surface area contributed by atoms with Gasteiger partial charge in [-0.3, -0.25) is 4.98 Å². The van der Waals surface area contributed by atoms with Crippen LogP contribution in [-0.2, 0) is 6.42 Å². The van der Waals surface area contributed by atoms with Crippen molar-refractivity contribution < 1.29 is 8.81 Å². The van der Waals surface area contributed by atoms with Gasteiger partial charge in [0.2, 0.25) is 5.89 Å². The monoisotopic (exact) mass is 268 g/mol. The van der Waals surface area contributed by atoms with E-state index in [-0.39, 0.29) is 5.82 Å².